The molecule has 0 radical (unpaired) electrons. The lowest BCUT2D eigenvalue weighted by atomic mass is 10.2. The fourth-order valence-corrected chi connectivity index (χ4v) is 5.27. The maximum Gasteiger partial charge on any atom is 0.243 e. The van der Waals surface area contributed by atoms with Gasteiger partial charge in [0.15, 0.2) is 0 Å². The van der Waals surface area contributed by atoms with Crippen molar-refractivity contribution in [2.24, 2.45) is 0 Å². The third kappa shape index (κ3) is 5.20. The van der Waals surface area contributed by atoms with E-state index in [4.69, 9.17) is 16.3 Å². The van der Waals surface area contributed by atoms with Crippen molar-refractivity contribution in [3.05, 3.63) is 29.3 Å². The highest BCUT2D eigenvalue weighted by Crippen LogP contribution is 2.27. The first-order chi connectivity index (χ1) is 13.0. The molecule has 3 rings (SSSR count). The number of halogens is 1. The van der Waals surface area contributed by atoms with Gasteiger partial charge in [0.2, 0.25) is 15.9 Å². The van der Waals surface area contributed by atoms with Crippen LogP contribution in [0.1, 0.15) is 19.3 Å². The molecule has 2 fully saturated rings. The minimum Gasteiger partial charge on any atom is -0.379 e. The normalized spacial score (nSPS) is 22.0. The zero-order valence-corrected chi connectivity index (χ0v) is 16.8. The van der Waals surface area contributed by atoms with Gasteiger partial charge in [-0.3, -0.25) is 9.69 Å². The topological polar surface area (TPSA) is 79.0 Å². The standard InChI is InChI=1S/C18H26ClN3O4S/c19-15-4-6-16(7-5-15)27(24,25)22-10-1-3-17(22)18(23)20-8-2-9-21-11-13-26-14-12-21/h4-7,17H,1-3,8-14H2,(H,20,23)/t17-/m0/s1. The molecule has 27 heavy (non-hydrogen) atoms. The van der Waals surface area contributed by atoms with Crippen LogP contribution >= 0.6 is 11.6 Å². The van der Waals surface area contributed by atoms with Crippen LogP contribution in [0.15, 0.2) is 29.2 Å². The maximum absolute atomic E-state index is 12.9. The molecule has 150 valence electrons. The van der Waals surface area contributed by atoms with Crippen molar-refractivity contribution in [2.45, 2.75) is 30.2 Å². The Balaban J connectivity index is 1.53. The first kappa shape index (κ1) is 20.5. The second-order valence-electron chi connectivity index (χ2n) is 6.83. The molecule has 2 saturated heterocycles. The van der Waals surface area contributed by atoms with Crippen LogP contribution in [0.3, 0.4) is 0 Å². The molecule has 1 atom stereocenters. The molecular formula is C18H26ClN3O4S. The predicted octanol–water partition coefficient (Wildman–Crippen LogP) is 1.33. The van der Waals surface area contributed by atoms with E-state index in [9.17, 15) is 13.2 Å². The lowest BCUT2D eigenvalue weighted by Crippen LogP contribution is -2.46. The summed E-state index contributed by atoms with van der Waals surface area (Å²) in [5.74, 6) is -0.216. The van der Waals surface area contributed by atoms with Crippen LogP contribution < -0.4 is 5.32 Å². The van der Waals surface area contributed by atoms with Crippen LogP contribution in [-0.4, -0.2) is 75.5 Å². The second kappa shape index (κ2) is 9.34. The fraction of sp³-hybridized carbons (Fsp3) is 0.611. The minimum absolute atomic E-state index is 0.166. The van der Waals surface area contributed by atoms with Gasteiger partial charge in [0, 0.05) is 31.2 Å². The average molecular weight is 416 g/mol. The highest BCUT2D eigenvalue weighted by atomic mass is 35.5. The summed E-state index contributed by atoms with van der Waals surface area (Å²) in [7, 11) is -3.71. The van der Waals surface area contributed by atoms with Gasteiger partial charge in [-0.05, 0) is 50.1 Å². The van der Waals surface area contributed by atoms with Crippen molar-refractivity contribution >= 4 is 27.5 Å². The molecule has 0 aliphatic carbocycles. The molecule has 0 aromatic heterocycles. The van der Waals surface area contributed by atoms with Crippen LogP contribution in [0.2, 0.25) is 5.02 Å². The van der Waals surface area contributed by atoms with E-state index in [1.807, 2.05) is 0 Å². The van der Waals surface area contributed by atoms with Crippen molar-refractivity contribution in [2.75, 3.05) is 45.9 Å². The Hall–Kier alpha value is -1.19. The monoisotopic (exact) mass is 415 g/mol. The van der Waals surface area contributed by atoms with E-state index >= 15 is 0 Å². The van der Waals surface area contributed by atoms with Crippen molar-refractivity contribution in [1.82, 2.24) is 14.5 Å². The molecule has 2 aliphatic rings. The van der Waals surface area contributed by atoms with Gasteiger partial charge in [-0.1, -0.05) is 11.6 Å². The van der Waals surface area contributed by atoms with E-state index in [0.29, 0.717) is 31.0 Å². The van der Waals surface area contributed by atoms with Crippen LogP contribution in [0.5, 0.6) is 0 Å². The van der Waals surface area contributed by atoms with Gasteiger partial charge < -0.3 is 10.1 Å². The summed E-state index contributed by atoms with van der Waals surface area (Å²) in [6.45, 7) is 5.16. The van der Waals surface area contributed by atoms with Crippen molar-refractivity contribution in [3.8, 4) is 0 Å². The Morgan fingerprint density at radius 2 is 1.89 bits per heavy atom. The predicted molar refractivity (Wildman–Crippen MR) is 103 cm³/mol. The summed E-state index contributed by atoms with van der Waals surface area (Å²) in [4.78, 5) is 15.0. The van der Waals surface area contributed by atoms with Crippen LogP contribution in [0.4, 0.5) is 0 Å². The molecule has 7 nitrogen and oxygen atoms in total. The number of nitrogens with zero attached hydrogens (tertiary/aromatic N) is 2. The highest BCUT2D eigenvalue weighted by Gasteiger charge is 2.39. The molecule has 9 heteroatoms. The van der Waals surface area contributed by atoms with E-state index < -0.39 is 16.1 Å². The van der Waals surface area contributed by atoms with Crippen LogP contribution in [-0.2, 0) is 19.6 Å². The van der Waals surface area contributed by atoms with Gasteiger partial charge in [-0.25, -0.2) is 8.42 Å². The summed E-state index contributed by atoms with van der Waals surface area (Å²) < 4.78 is 32.4. The number of nitrogens with one attached hydrogen (secondary N) is 1. The first-order valence-electron chi connectivity index (χ1n) is 9.34. The number of morpholine rings is 1. The molecule has 1 N–H and O–H groups in total. The zero-order chi connectivity index (χ0) is 19.3. The molecule has 0 bridgehead atoms. The minimum atomic E-state index is -3.71. The maximum atomic E-state index is 12.9. The zero-order valence-electron chi connectivity index (χ0n) is 15.3. The Labute approximate surface area is 165 Å². The Kier molecular flexibility index (Phi) is 7.10. The van der Waals surface area contributed by atoms with Gasteiger partial charge in [-0.2, -0.15) is 4.31 Å². The van der Waals surface area contributed by atoms with Gasteiger partial charge in [0.1, 0.15) is 6.04 Å². The molecule has 0 saturated carbocycles. The number of ether oxygens (including phenoxy) is 1. The number of hydrogen-bond acceptors (Lipinski definition) is 5. The van der Waals surface area contributed by atoms with Gasteiger partial charge in [0.05, 0.1) is 18.1 Å². The average Bonchev–Trinajstić information content (AvgIpc) is 3.17. The van der Waals surface area contributed by atoms with Crippen LogP contribution in [0, 0.1) is 0 Å². The van der Waals surface area contributed by atoms with Crippen molar-refractivity contribution < 1.29 is 17.9 Å². The summed E-state index contributed by atoms with van der Waals surface area (Å²) >= 11 is 5.84. The summed E-state index contributed by atoms with van der Waals surface area (Å²) in [6.07, 6.45) is 2.06. The van der Waals surface area contributed by atoms with E-state index in [-0.39, 0.29) is 10.8 Å². The third-order valence-corrected chi connectivity index (χ3v) is 7.15. The summed E-state index contributed by atoms with van der Waals surface area (Å²) in [6, 6.07) is 5.41. The molecule has 0 unspecified atom stereocenters. The van der Waals surface area contributed by atoms with Crippen LogP contribution in [0.25, 0.3) is 0 Å². The van der Waals surface area contributed by atoms with Gasteiger partial charge in [0.25, 0.3) is 0 Å². The third-order valence-electron chi connectivity index (χ3n) is 4.98. The van der Waals surface area contributed by atoms with E-state index in [1.54, 1.807) is 12.1 Å². The van der Waals surface area contributed by atoms with E-state index in [2.05, 4.69) is 10.2 Å². The van der Waals surface area contributed by atoms with Crippen molar-refractivity contribution in [3.63, 3.8) is 0 Å². The summed E-state index contributed by atoms with van der Waals surface area (Å²) in [5.41, 5.74) is 0. The SMILES string of the molecule is O=C(NCCCN1CCOCC1)[C@@H]1CCCN1S(=O)(=O)c1ccc(Cl)cc1. The number of amides is 1. The smallest absolute Gasteiger partial charge is 0.243 e. The molecule has 1 aromatic rings. The number of rotatable bonds is 7. The molecule has 2 aliphatic heterocycles. The number of sulfonamides is 1. The molecular weight excluding hydrogens is 390 g/mol. The lowest BCUT2D eigenvalue weighted by molar-refractivity contribution is -0.124. The number of benzene rings is 1. The Morgan fingerprint density at radius 3 is 2.59 bits per heavy atom. The van der Waals surface area contributed by atoms with E-state index in [1.165, 1.54) is 16.4 Å². The molecule has 2 heterocycles. The van der Waals surface area contributed by atoms with Gasteiger partial charge in [-0.15, -0.1) is 0 Å². The lowest BCUT2D eigenvalue weighted by Gasteiger charge is -2.27. The van der Waals surface area contributed by atoms with Crippen molar-refractivity contribution in [1.29, 1.82) is 0 Å². The first-order valence-corrected chi connectivity index (χ1v) is 11.2. The summed E-state index contributed by atoms with van der Waals surface area (Å²) in [5, 5.41) is 3.38. The van der Waals surface area contributed by atoms with Gasteiger partial charge >= 0.3 is 0 Å². The highest BCUT2D eigenvalue weighted by molar-refractivity contribution is 7.89. The molecule has 1 amide bonds. The molecule has 1 aromatic carbocycles. The Morgan fingerprint density at radius 1 is 1.19 bits per heavy atom. The number of hydrogen-bond donors (Lipinski definition) is 1. The largest absolute Gasteiger partial charge is 0.379 e. The number of carbonyl (C=O) groups excluding carboxylic acids is 1. The quantitative estimate of drug-likeness (QED) is 0.680. The van der Waals surface area contributed by atoms with E-state index in [0.717, 1.165) is 39.3 Å². The fourth-order valence-electron chi connectivity index (χ4n) is 3.49. The molecule has 0 spiro atoms. The Bertz CT molecular complexity index is 735. The second-order valence-corrected chi connectivity index (χ2v) is 9.15. The number of carbonyl (C=O) groups is 1.